The normalized spacial score (nSPS) is 11.2. The third-order valence-electron chi connectivity index (χ3n) is 3.95. The number of carbonyl (C=O) groups excluding carboxylic acids is 1. The van der Waals surface area contributed by atoms with Gasteiger partial charge in [0.1, 0.15) is 17.2 Å². The van der Waals surface area contributed by atoms with Gasteiger partial charge in [0.2, 0.25) is 5.88 Å². The summed E-state index contributed by atoms with van der Waals surface area (Å²) >= 11 is 1.53. The minimum absolute atomic E-state index is 0.250. The SMILES string of the molecule is CO/C=C(/C(=O)OC)c1ccccc1COc1nc(-c2ccccn2)sc1C. The van der Waals surface area contributed by atoms with Crippen LogP contribution in [0.15, 0.2) is 54.9 Å². The Balaban J connectivity index is 1.84. The number of pyridine rings is 1. The summed E-state index contributed by atoms with van der Waals surface area (Å²) in [5.74, 6) is 0.0763. The zero-order valence-corrected chi connectivity index (χ0v) is 16.7. The summed E-state index contributed by atoms with van der Waals surface area (Å²) in [4.78, 5) is 22.0. The Hall–Kier alpha value is -3.19. The Morgan fingerprint density at radius 1 is 1.14 bits per heavy atom. The number of rotatable bonds is 7. The van der Waals surface area contributed by atoms with E-state index >= 15 is 0 Å². The van der Waals surface area contributed by atoms with Crippen LogP contribution in [0.5, 0.6) is 5.88 Å². The molecule has 0 bridgehead atoms. The van der Waals surface area contributed by atoms with E-state index in [1.807, 2.05) is 49.4 Å². The third kappa shape index (κ3) is 4.37. The highest BCUT2D eigenvalue weighted by Crippen LogP contribution is 2.31. The van der Waals surface area contributed by atoms with Crippen LogP contribution in [0.25, 0.3) is 16.3 Å². The van der Waals surface area contributed by atoms with E-state index in [1.165, 1.54) is 31.8 Å². The van der Waals surface area contributed by atoms with E-state index in [2.05, 4.69) is 9.97 Å². The second-order valence-corrected chi connectivity index (χ2v) is 7.00. The number of methoxy groups -OCH3 is 2. The number of ether oxygens (including phenoxy) is 3. The lowest BCUT2D eigenvalue weighted by molar-refractivity contribution is -0.133. The second kappa shape index (κ2) is 9.14. The predicted octanol–water partition coefficient (Wildman–Crippen LogP) is 4.25. The zero-order chi connectivity index (χ0) is 19.9. The van der Waals surface area contributed by atoms with Crippen molar-refractivity contribution in [3.63, 3.8) is 0 Å². The quantitative estimate of drug-likeness (QED) is 0.338. The van der Waals surface area contributed by atoms with Crippen molar-refractivity contribution in [1.29, 1.82) is 0 Å². The monoisotopic (exact) mass is 396 g/mol. The van der Waals surface area contributed by atoms with Crippen molar-refractivity contribution in [2.45, 2.75) is 13.5 Å². The molecule has 0 aliphatic carbocycles. The van der Waals surface area contributed by atoms with Crippen LogP contribution >= 0.6 is 11.3 Å². The summed E-state index contributed by atoms with van der Waals surface area (Å²) in [6.45, 7) is 2.20. The molecule has 7 heteroatoms. The number of benzene rings is 1. The number of nitrogens with zero attached hydrogens (tertiary/aromatic N) is 2. The largest absolute Gasteiger partial charge is 0.503 e. The fourth-order valence-corrected chi connectivity index (χ4v) is 3.46. The van der Waals surface area contributed by atoms with Crippen LogP contribution < -0.4 is 4.74 Å². The van der Waals surface area contributed by atoms with Crippen LogP contribution in [0.1, 0.15) is 16.0 Å². The van der Waals surface area contributed by atoms with Crippen molar-refractivity contribution in [1.82, 2.24) is 9.97 Å². The molecule has 6 nitrogen and oxygen atoms in total. The summed E-state index contributed by atoms with van der Waals surface area (Å²) in [6.07, 6.45) is 3.11. The molecule has 3 aromatic rings. The Morgan fingerprint density at radius 3 is 2.64 bits per heavy atom. The standard InChI is InChI=1S/C21H20N2O4S/c1-14-19(23-20(28-14)18-10-6-7-11-22-18)27-12-15-8-4-5-9-16(15)17(13-25-2)21(24)26-3/h4-11,13H,12H2,1-3H3/b17-13+. The van der Waals surface area contributed by atoms with Crippen LogP contribution in [-0.2, 0) is 20.9 Å². The van der Waals surface area contributed by atoms with Gasteiger partial charge < -0.3 is 14.2 Å². The molecular weight excluding hydrogens is 376 g/mol. The van der Waals surface area contributed by atoms with Gasteiger partial charge in [0.05, 0.1) is 31.1 Å². The van der Waals surface area contributed by atoms with Gasteiger partial charge in [-0.05, 0) is 30.2 Å². The molecule has 0 N–H and O–H groups in total. The fraction of sp³-hybridized carbons (Fsp3) is 0.190. The molecular formula is C21H20N2O4S. The van der Waals surface area contributed by atoms with Crippen LogP contribution in [-0.4, -0.2) is 30.2 Å². The number of carbonyl (C=O) groups is 1. The Labute approximate surface area is 167 Å². The molecule has 0 aliphatic heterocycles. The van der Waals surface area contributed by atoms with Gasteiger partial charge in [-0.15, -0.1) is 11.3 Å². The molecule has 28 heavy (non-hydrogen) atoms. The summed E-state index contributed by atoms with van der Waals surface area (Å²) in [7, 11) is 2.82. The van der Waals surface area contributed by atoms with E-state index in [0.29, 0.717) is 17.0 Å². The Morgan fingerprint density at radius 2 is 1.93 bits per heavy atom. The molecule has 2 aromatic heterocycles. The van der Waals surface area contributed by atoms with Crippen LogP contribution in [0, 0.1) is 6.92 Å². The molecule has 0 aliphatic rings. The number of hydrogen-bond donors (Lipinski definition) is 0. The molecule has 2 heterocycles. The average Bonchev–Trinajstić information content (AvgIpc) is 3.11. The van der Waals surface area contributed by atoms with Crippen molar-refractivity contribution < 1.29 is 19.0 Å². The molecule has 0 spiro atoms. The summed E-state index contributed by atoms with van der Waals surface area (Å²) in [6, 6.07) is 13.2. The van der Waals surface area contributed by atoms with Crippen molar-refractivity contribution in [3.8, 4) is 16.6 Å². The summed E-state index contributed by atoms with van der Waals surface area (Å²) in [5, 5.41) is 0.802. The van der Waals surface area contributed by atoms with Gasteiger partial charge in [0.15, 0.2) is 0 Å². The van der Waals surface area contributed by atoms with Crippen LogP contribution in [0.3, 0.4) is 0 Å². The maximum Gasteiger partial charge on any atom is 0.341 e. The topological polar surface area (TPSA) is 70.5 Å². The minimum Gasteiger partial charge on any atom is -0.503 e. The van der Waals surface area contributed by atoms with Gasteiger partial charge in [-0.3, -0.25) is 4.98 Å². The lowest BCUT2D eigenvalue weighted by Gasteiger charge is -2.12. The average molecular weight is 396 g/mol. The number of esters is 1. The van der Waals surface area contributed by atoms with E-state index in [9.17, 15) is 4.79 Å². The first-order valence-electron chi connectivity index (χ1n) is 8.55. The van der Waals surface area contributed by atoms with E-state index in [4.69, 9.17) is 14.2 Å². The second-order valence-electron chi connectivity index (χ2n) is 5.80. The highest BCUT2D eigenvalue weighted by molar-refractivity contribution is 7.15. The van der Waals surface area contributed by atoms with Gasteiger partial charge in [-0.2, -0.15) is 4.98 Å². The predicted molar refractivity (Wildman–Crippen MR) is 108 cm³/mol. The number of thiazole rings is 1. The maximum absolute atomic E-state index is 12.1. The van der Waals surface area contributed by atoms with Crippen molar-refractivity contribution in [2.75, 3.05) is 14.2 Å². The molecule has 0 unspecified atom stereocenters. The smallest absolute Gasteiger partial charge is 0.341 e. The van der Waals surface area contributed by atoms with E-state index in [1.54, 1.807) is 6.20 Å². The number of hydrogen-bond acceptors (Lipinski definition) is 7. The fourth-order valence-electron chi connectivity index (χ4n) is 2.62. The van der Waals surface area contributed by atoms with Gasteiger partial charge in [-0.1, -0.05) is 30.3 Å². The van der Waals surface area contributed by atoms with E-state index in [-0.39, 0.29) is 6.61 Å². The maximum atomic E-state index is 12.1. The molecule has 0 fully saturated rings. The lowest BCUT2D eigenvalue weighted by atomic mass is 10.0. The van der Waals surface area contributed by atoms with E-state index in [0.717, 1.165) is 21.1 Å². The minimum atomic E-state index is -0.475. The molecule has 0 amide bonds. The molecule has 0 saturated carbocycles. The highest BCUT2D eigenvalue weighted by atomic mass is 32.1. The molecule has 0 atom stereocenters. The number of aryl methyl sites for hydroxylation is 1. The van der Waals surface area contributed by atoms with Gasteiger partial charge in [0, 0.05) is 6.20 Å². The first kappa shape index (κ1) is 19.6. The van der Waals surface area contributed by atoms with Crippen molar-refractivity contribution >= 4 is 22.9 Å². The lowest BCUT2D eigenvalue weighted by Crippen LogP contribution is -2.08. The Bertz CT molecular complexity index is 983. The van der Waals surface area contributed by atoms with Crippen LogP contribution in [0.4, 0.5) is 0 Å². The van der Waals surface area contributed by atoms with Crippen LogP contribution in [0.2, 0.25) is 0 Å². The van der Waals surface area contributed by atoms with Crippen molar-refractivity contribution in [3.05, 3.63) is 70.9 Å². The summed E-state index contributed by atoms with van der Waals surface area (Å²) < 4.78 is 15.9. The van der Waals surface area contributed by atoms with Crippen molar-refractivity contribution in [2.24, 2.45) is 0 Å². The van der Waals surface area contributed by atoms with Gasteiger partial charge in [0.25, 0.3) is 0 Å². The first-order valence-corrected chi connectivity index (χ1v) is 9.37. The Kier molecular flexibility index (Phi) is 6.39. The molecule has 3 rings (SSSR count). The molecule has 0 radical (unpaired) electrons. The highest BCUT2D eigenvalue weighted by Gasteiger charge is 2.18. The first-order chi connectivity index (χ1) is 13.6. The van der Waals surface area contributed by atoms with Gasteiger partial charge >= 0.3 is 5.97 Å². The zero-order valence-electron chi connectivity index (χ0n) is 15.8. The van der Waals surface area contributed by atoms with Gasteiger partial charge in [-0.25, -0.2) is 4.79 Å². The number of aromatic nitrogens is 2. The molecule has 0 saturated heterocycles. The molecule has 144 valence electrons. The summed E-state index contributed by atoms with van der Waals surface area (Å²) in [5.41, 5.74) is 2.65. The third-order valence-corrected chi connectivity index (χ3v) is 4.93. The van der Waals surface area contributed by atoms with E-state index < -0.39 is 5.97 Å². The molecule has 1 aromatic carbocycles.